The van der Waals surface area contributed by atoms with Crippen molar-refractivity contribution < 1.29 is 4.79 Å². The minimum absolute atomic E-state index is 0.495. The van der Waals surface area contributed by atoms with Crippen molar-refractivity contribution in [2.45, 2.75) is 52.4 Å². The van der Waals surface area contributed by atoms with E-state index in [9.17, 15) is 4.79 Å². The maximum atomic E-state index is 12.2. The van der Waals surface area contributed by atoms with Crippen molar-refractivity contribution in [2.24, 2.45) is 23.7 Å². The van der Waals surface area contributed by atoms with Gasteiger partial charge in [-0.15, -0.1) is 0 Å². The van der Waals surface area contributed by atoms with Gasteiger partial charge in [0.25, 0.3) is 0 Å². The summed E-state index contributed by atoms with van der Waals surface area (Å²) in [6.07, 6.45) is 15.2. The molecule has 2 aliphatic rings. The SMILES string of the molecule is CC1CC=CCC1CC(=O)CC1CC=CCC1C. The normalized spacial score (nSPS) is 35.7. The quantitative estimate of drug-likeness (QED) is 0.666. The highest BCUT2D eigenvalue weighted by Gasteiger charge is 2.25. The second kappa shape index (κ2) is 6.36. The molecule has 0 heterocycles. The van der Waals surface area contributed by atoms with E-state index in [1.165, 1.54) is 0 Å². The smallest absolute Gasteiger partial charge is 0.133 e. The molecule has 1 heteroatoms. The average molecular weight is 246 g/mol. The lowest BCUT2D eigenvalue weighted by Gasteiger charge is -2.27. The lowest BCUT2D eigenvalue weighted by Crippen LogP contribution is -2.22. The van der Waals surface area contributed by atoms with Crippen LogP contribution < -0.4 is 0 Å². The molecule has 1 nitrogen and oxygen atoms in total. The van der Waals surface area contributed by atoms with E-state index in [0.29, 0.717) is 29.5 Å². The number of rotatable bonds is 4. The van der Waals surface area contributed by atoms with Crippen molar-refractivity contribution >= 4 is 5.78 Å². The van der Waals surface area contributed by atoms with Crippen LogP contribution in [0.25, 0.3) is 0 Å². The molecule has 0 fully saturated rings. The van der Waals surface area contributed by atoms with Crippen molar-refractivity contribution in [2.75, 3.05) is 0 Å². The van der Waals surface area contributed by atoms with Crippen LogP contribution in [0.1, 0.15) is 52.4 Å². The van der Waals surface area contributed by atoms with Crippen LogP contribution in [0.3, 0.4) is 0 Å². The third kappa shape index (κ3) is 3.57. The number of carbonyl (C=O) groups excluding carboxylic acids is 1. The van der Waals surface area contributed by atoms with Gasteiger partial charge in [-0.05, 0) is 49.4 Å². The van der Waals surface area contributed by atoms with Gasteiger partial charge in [-0.2, -0.15) is 0 Å². The zero-order valence-corrected chi connectivity index (χ0v) is 11.8. The first-order valence-corrected chi connectivity index (χ1v) is 7.48. The van der Waals surface area contributed by atoms with Gasteiger partial charge in [0.1, 0.15) is 5.78 Å². The van der Waals surface area contributed by atoms with E-state index in [0.717, 1.165) is 38.5 Å². The van der Waals surface area contributed by atoms with Gasteiger partial charge < -0.3 is 0 Å². The number of hydrogen-bond acceptors (Lipinski definition) is 1. The fourth-order valence-corrected chi connectivity index (χ4v) is 3.25. The zero-order valence-electron chi connectivity index (χ0n) is 11.8. The Morgan fingerprint density at radius 1 is 0.833 bits per heavy atom. The Morgan fingerprint density at radius 2 is 1.22 bits per heavy atom. The van der Waals surface area contributed by atoms with E-state index in [1.807, 2.05) is 0 Å². The van der Waals surface area contributed by atoms with Gasteiger partial charge >= 0.3 is 0 Å². The van der Waals surface area contributed by atoms with E-state index in [1.54, 1.807) is 0 Å². The molecule has 0 aromatic carbocycles. The van der Waals surface area contributed by atoms with E-state index >= 15 is 0 Å². The first kappa shape index (κ1) is 13.6. The van der Waals surface area contributed by atoms with Crippen molar-refractivity contribution in [3.05, 3.63) is 24.3 Å². The van der Waals surface area contributed by atoms with Crippen LogP contribution in [0.2, 0.25) is 0 Å². The maximum absolute atomic E-state index is 12.2. The summed E-state index contributed by atoms with van der Waals surface area (Å²) in [4.78, 5) is 12.2. The van der Waals surface area contributed by atoms with Crippen LogP contribution in [-0.2, 0) is 4.79 Å². The van der Waals surface area contributed by atoms with Crippen LogP contribution >= 0.6 is 0 Å². The number of ketones is 1. The van der Waals surface area contributed by atoms with Gasteiger partial charge in [0.05, 0.1) is 0 Å². The molecule has 2 rings (SSSR count). The predicted octanol–water partition coefficient (Wildman–Crippen LogP) is 4.54. The highest BCUT2D eigenvalue weighted by atomic mass is 16.1. The Morgan fingerprint density at radius 3 is 1.61 bits per heavy atom. The first-order chi connectivity index (χ1) is 8.66. The Bertz CT molecular complexity index is 308. The molecule has 0 bridgehead atoms. The molecule has 0 spiro atoms. The van der Waals surface area contributed by atoms with Gasteiger partial charge in [0.15, 0.2) is 0 Å². The van der Waals surface area contributed by atoms with Crippen molar-refractivity contribution in [3.8, 4) is 0 Å². The molecule has 0 radical (unpaired) electrons. The summed E-state index contributed by atoms with van der Waals surface area (Å²) in [5, 5.41) is 0. The van der Waals surface area contributed by atoms with E-state index < -0.39 is 0 Å². The standard InChI is InChI=1S/C17H26O/c1-13-7-3-5-9-15(13)11-17(18)12-16-10-6-4-8-14(16)2/h3-6,13-16H,7-12H2,1-2H3. The number of carbonyl (C=O) groups is 1. The Kier molecular flexibility index (Phi) is 4.79. The van der Waals surface area contributed by atoms with Crippen LogP contribution in [-0.4, -0.2) is 5.78 Å². The largest absolute Gasteiger partial charge is 0.300 e. The van der Waals surface area contributed by atoms with Gasteiger partial charge in [-0.1, -0.05) is 38.2 Å². The number of Topliss-reactive ketones (excluding diaryl/α,β-unsaturated/α-hetero) is 1. The molecule has 0 aliphatic heterocycles. The summed E-state index contributed by atoms with van der Waals surface area (Å²) >= 11 is 0. The summed E-state index contributed by atoms with van der Waals surface area (Å²) in [5.41, 5.74) is 0. The molecule has 0 aromatic heterocycles. The molecule has 0 N–H and O–H groups in total. The van der Waals surface area contributed by atoms with Crippen molar-refractivity contribution in [3.63, 3.8) is 0 Å². The van der Waals surface area contributed by atoms with E-state index in [4.69, 9.17) is 0 Å². The van der Waals surface area contributed by atoms with Crippen molar-refractivity contribution in [1.29, 1.82) is 0 Å². The Hall–Kier alpha value is -0.850. The second-order valence-corrected chi connectivity index (χ2v) is 6.31. The fourth-order valence-electron chi connectivity index (χ4n) is 3.25. The highest BCUT2D eigenvalue weighted by Crippen LogP contribution is 2.32. The van der Waals surface area contributed by atoms with Gasteiger partial charge in [-0.25, -0.2) is 0 Å². The molecular formula is C17H26O. The topological polar surface area (TPSA) is 17.1 Å². The van der Waals surface area contributed by atoms with E-state index in [-0.39, 0.29) is 0 Å². The summed E-state index contributed by atoms with van der Waals surface area (Å²) in [6, 6.07) is 0. The van der Waals surface area contributed by atoms with E-state index in [2.05, 4.69) is 38.2 Å². The Labute approximate surface area is 111 Å². The highest BCUT2D eigenvalue weighted by molar-refractivity contribution is 5.79. The van der Waals surface area contributed by atoms with Gasteiger partial charge in [0, 0.05) is 12.8 Å². The summed E-state index contributed by atoms with van der Waals surface area (Å²) in [5.74, 6) is 3.05. The maximum Gasteiger partial charge on any atom is 0.133 e. The molecule has 4 atom stereocenters. The average Bonchev–Trinajstić information content (AvgIpc) is 2.35. The molecule has 2 aliphatic carbocycles. The summed E-state index contributed by atoms with van der Waals surface area (Å²) in [7, 11) is 0. The monoisotopic (exact) mass is 246 g/mol. The predicted molar refractivity (Wildman–Crippen MR) is 76.3 cm³/mol. The van der Waals surface area contributed by atoms with Crippen LogP contribution in [0, 0.1) is 23.7 Å². The molecule has 100 valence electrons. The molecular weight excluding hydrogens is 220 g/mol. The number of allylic oxidation sites excluding steroid dienone is 4. The zero-order chi connectivity index (χ0) is 13.0. The van der Waals surface area contributed by atoms with Gasteiger partial charge in [0.2, 0.25) is 0 Å². The lowest BCUT2D eigenvalue weighted by atomic mass is 9.77. The molecule has 0 saturated carbocycles. The molecule has 0 saturated heterocycles. The second-order valence-electron chi connectivity index (χ2n) is 6.31. The summed E-state index contributed by atoms with van der Waals surface area (Å²) in [6.45, 7) is 4.57. The van der Waals surface area contributed by atoms with Crippen LogP contribution in [0.15, 0.2) is 24.3 Å². The van der Waals surface area contributed by atoms with Crippen LogP contribution in [0.5, 0.6) is 0 Å². The first-order valence-electron chi connectivity index (χ1n) is 7.48. The minimum Gasteiger partial charge on any atom is -0.300 e. The molecule has 4 unspecified atom stereocenters. The molecule has 0 aromatic rings. The number of hydrogen-bond donors (Lipinski definition) is 0. The van der Waals surface area contributed by atoms with Crippen LogP contribution in [0.4, 0.5) is 0 Å². The minimum atomic E-state index is 0.495. The van der Waals surface area contributed by atoms with Crippen molar-refractivity contribution in [1.82, 2.24) is 0 Å². The lowest BCUT2D eigenvalue weighted by molar-refractivity contribution is -0.121. The molecule has 18 heavy (non-hydrogen) atoms. The third-order valence-electron chi connectivity index (χ3n) is 4.82. The van der Waals surface area contributed by atoms with Gasteiger partial charge in [-0.3, -0.25) is 4.79 Å². The fraction of sp³-hybridized carbons (Fsp3) is 0.706. The summed E-state index contributed by atoms with van der Waals surface area (Å²) < 4.78 is 0. The Balaban J connectivity index is 1.81. The third-order valence-corrected chi connectivity index (χ3v) is 4.82. The molecule has 0 amide bonds.